The van der Waals surface area contributed by atoms with Gasteiger partial charge in [-0.3, -0.25) is 4.98 Å². The molecule has 0 spiro atoms. The number of hydrogen-bond acceptors (Lipinski definition) is 5. The summed E-state index contributed by atoms with van der Waals surface area (Å²) in [7, 11) is 0. The van der Waals surface area contributed by atoms with Gasteiger partial charge in [0, 0.05) is 0 Å². The third-order valence-corrected chi connectivity index (χ3v) is 2.35. The molecule has 0 fully saturated rings. The first kappa shape index (κ1) is 12.2. The van der Waals surface area contributed by atoms with E-state index in [-0.39, 0.29) is 5.39 Å². The van der Waals surface area contributed by atoms with Gasteiger partial charge in [0.2, 0.25) is 0 Å². The average Bonchev–Trinajstić information content (AvgIpc) is 2.32. The smallest absolute Gasteiger partial charge is 0.419 e. The molecule has 0 aliphatic rings. The van der Waals surface area contributed by atoms with Crippen LogP contribution in [0.15, 0.2) is 26.1 Å². The number of H-pyrrole nitrogens is 1. The number of benzene rings is 1. The summed E-state index contributed by atoms with van der Waals surface area (Å²) in [4.78, 5) is 25.4. The zero-order chi connectivity index (χ0) is 13.1. The number of hydrogen-bond donors (Lipinski definition) is 1. The Morgan fingerprint density at radius 1 is 1.11 bits per heavy atom. The van der Waals surface area contributed by atoms with Gasteiger partial charge in [-0.1, -0.05) is 0 Å². The molecule has 0 bridgehead atoms. The van der Waals surface area contributed by atoms with E-state index < -0.39 is 11.4 Å². The maximum absolute atomic E-state index is 11.7. The number of aromatic amines is 1. The fourth-order valence-corrected chi connectivity index (χ4v) is 1.71. The molecule has 6 heteroatoms. The third kappa shape index (κ3) is 2.09. The van der Waals surface area contributed by atoms with Crippen molar-refractivity contribution in [3.63, 3.8) is 0 Å². The van der Waals surface area contributed by atoms with Crippen LogP contribution in [0.3, 0.4) is 0 Å². The molecule has 0 saturated carbocycles. The van der Waals surface area contributed by atoms with Gasteiger partial charge in [0.05, 0.1) is 13.2 Å². The Labute approximate surface area is 102 Å². The van der Waals surface area contributed by atoms with Crippen molar-refractivity contribution in [1.29, 1.82) is 0 Å². The summed E-state index contributed by atoms with van der Waals surface area (Å²) in [5.41, 5.74) is -0.442. The molecule has 96 valence electrons. The van der Waals surface area contributed by atoms with E-state index in [2.05, 4.69) is 9.40 Å². The van der Waals surface area contributed by atoms with Crippen LogP contribution in [0.25, 0.3) is 10.9 Å². The molecule has 1 aromatic carbocycles. The lowest BCUT2D eigenvalue weighted by atomic mass is 10.2. The Morgan fingerprint density at radius 3 is 2.39 bits per heavy atom. The average molecular weight is 251 g/mol. The number of aromatic nitrogens is 1. The summed E-state index contributed by atoms with van der Waals surface area (Å²) >= 11 is 0. The number of ether oxygens (including phenoxy) is 2. The first-order valence-corrected chi connectivity index (χ1v) is 5.63. The molecular formula is C12H13NO5. The fraction of sp³-hybridized carbons (Fsp3) is 0.333. The Morgan fingerprint density at radius 2 is 1.72 bits per heavy atom. The van der Waals surface area contributed by atoms with Gasteiger partial charge < -0.3 is 13.9 Å². The SMILES string of the molecule is CCOc1ccc(OCC)c2c(=O)oc(=O)[nH]c12. The van der Waals surface area contributed by atoms with E-state index in [1.807, 2.05) is 6.92 Å². The highest BCUT2D eigenvalue weighted by Crippen LogP contribution is 2.28. The summed E-state index contributed by atoms with van der Waals surface area (Å²) in [6.45, 7) is 4.44. The Balaban J connectivity index is 2.82. The summed E-state index contributed by atoms with van der Waals surface area (Å²) < 4.78 is 15.2. The molecule has 0 atom stereocenters. The predicted molar refractivity (Wildman–Crippen MR) is 65.4 cm³/mol. The highest BCUT2D eigenvalue weighted by atomic mass is 16.5. The van der Waals surface area contributed by atoms with Crippen LogP contribution in [0.4, 0.5) is 0 Å². The molecular weight excluding hydrogens is 238 g/mol. The first-order valence-electron chi connectivity index (χ1n) is 5.63. The minimum atomic E-state index is -0.817. The van der Waals surface area contributed by atoms with E-state index in [0.29, 0.717) is 30.2 Å². The molecule has 0 aliphatic heterocycles. The first-order chi connectivity index (χ1) is 8.67. The largest absolute Gasteiger partial charge is 0.493 e. The second kappa shape index (κ2) is 4.95. The number of fused-ring (bicyclic) bond motifs is 1. The van der Waals surface area contributed by atoms with Crippen molar-refractivity contribution < 1.29 is 13.9 Å². The van der Waals surface area contributed by atoms with Gasteiger partial charge in [-0.05, 0) is 26.0 Å². The van der Waals surface area contributed by atoms with Crippen LogP contribution < -0.4 is 20.9 Å². The van der Waals surface area contributed by atoms with Gasteiger partial charge in [0.25, 0.3) is 0 Å². The highest BCUT2D eigenvalue weighted by molar-refractivity contribution is 5.88. The van der Waals surface area contributed by atoms with Crippen molar-refractivity contribution in [3.8, 4) is 11.5 Å². The van der Waals surface area contributed by atoms with E-state index in [1.165, 1.54) is 0 Å². The van der Waals surface area contributed by atoms with Gasteiger partial charge in [0.1, 0.15) is 22.4 Å². The van der Waals surface area contributed by atoms with Crippen LogP contribution >= 0.6 is 0 Å². The molecule has 1 N–H and O–H groups in total. The van der Waals surface area contributed by atoms with Crippen LogP contribution in [-0.2, 0) is 0 Å². The molecule has 18 heavy (non-hydrogen) atoms. The second-order valence-electron chi connectivity index (χ2n) is 3.48. The predicted octanol–water partition coefficient (Wildman–Crippen LogP) is 1.28. The zero-order valence-corrected chi connectivity index (χ0v) is 10.1. The fourth-order valence-electron chi connectivity index (χ4n) is 1.71. The molecule has 0 radical (unpaired) electrons. The number of rotatable bonds is 4. The minimum Gasteiger partial charge on any atom is -0.493 e. The van der Waals surface area contributed by atoms with E-state index >= 15 is 0 Å². The normalized spacial score (nSPS) is 10.6. The van der Waals surface area contributed by atoms with Crippen molar-refractivity contribution in [1.82, 2.24) is 4.98 Å². The molecule has 0 saturated heterocycles. The lowest BCUT2D eigenvalue weighted by molar-refractivity contribution is 0.333. The van der Waals surface area contributed by atoms with Crippen LogP contribution in [0.5, 0.6) is 11.5 Å². The summed E-state index contributed by atoms with van der Waals surface area (Å²) in [5.74, 6) is -0.0380. The highest BCUT2D eigenvalue weighted by Gasteiger charge is 2.14. The topological polar surface area (TPSA) is 81.5 Å². The van der Waals surface area contributed by atoms with Gasteiger partial charge in [-0.25, -0.2) is 9.59 Å². The van der Waals surface area contributed by atoms with E-state index in [0.717, 1.165) is 0 Å². The van der Waals surface area contributed by atoms with Gasteiger partial charge >= 0.3 is 11.4 Å². The Kier molecular flexibility index (Phi) is 3.36. The molecule has 0 unspecified atom stereocenters. The Hall–Kier alpha value is -2.24. The maximum atomic E-state index is 11.7. The van der Waals surface area contributed by atoms with Crippen molar-refractivity contribution in [2.24, 2.45) is 0 Å². The second-order valence-corrected chi connectivity index (χ2v) is 3.48. The zero-order valence-electron chi connectivity index (χ0n) is 10.1. The van der Waals surface area contributed by atoms with Gasteiger partial charge in [-0.15, -0.1) is 0 Å². The van der Waals surface area contributed by atoms with E-state index in [1.54, 1.807) is 19.1 Å². The summed E-state index contributed by atoms with van der Waals surface area (Å²) in [6, 6.07) is 3.26. The van der Waals surface area contributed by atoms with Gasteiger partial charge in [-0.2, -0.15) is 0 Å². The standard InChI is InChI=1S/C12H13NO5/c1-3-16-7-5-6-8(17-4-2)10-9(7)11(14)18-12(15)13-10/h5-6H,3-4H2,1-2H3,(H,13,15). The minimum absolute atomic E-state index is 0.183. The molecule has 1 aromatic heterocycles. The van der Waals surface area contributed by atoms with Crippen LogP contribution in [-0.4, -0.2) is 18.2 Å². The van der Waals surface area contributed by atoms with Crippen molar-refractivity contribution >= 4 is 10.9 Å². The number of nitrogens with one attached hydrogen (secondary N) is 1. The van der Waals surface area contributed by atoms with E-state index in [4.69, 9.17) is 9.47 Å². The molecule has 0 amide bonds. The molecule has 0 aliphatic carbocycles. The van der Waals surface area contributed by atoms with Crippen molar-refractivity contribution in [3.05, 3.63) is 33.1 Å². The van der Waals surface area contributed by atoms with Crippen LogP contribution in [0.1, 0.15) is 13.8 Å². The molecule has 6 nitrogen and oxygen atoms in total. The van der Waals surface area contributed by atoms with Crippen molar-refractivity contribution in [2.45, 2.75) is 13.8 Å². The third-order valence-electron chi connectivity index (χ3n) is 2.35. The summed E-state index contributed by atoms with van der Waals surface area (Å²) in [6.07, 6.45) is 0. The van der Waals surface area contributed by atoms with Crippen molar-refractivity contribution in [2.75, 3.05) is 13.2 Å². The van der Waals surface area contributed by atoms with Crippen LogP contribution in [0, 0.1) is 0 Å². The van der Waals surface area contributed by atoms with Crippen LogP contribution in [0.2, 0.25) is 0 Å². The molecule has 2 rings (SSSR count). The van der Waals surface area contributed by atoms with Gasteiger partial charge in [0.15, 0.2) is 0 Å². The van der Waals surface area contributed by atoms with E-state index in [9.17, 15) is 9.59 Å². The lowest BCUT2D eigenvalue weighted by Gasteiger charge is -2.10. The monoisotopic (exact) mass is 251 g/mol. The Bertz CT molecular complexity index is 670. The quantitative estimate of drug-likeness (QED) is 0.885. The molecule has 1 heterocycles. The maximum Gasteiger partial charge on any atom is 0.419 e. The lowest BCUT2D eigenvalue weighted by Crippen LogP contribution is -2.16. The summed E-state index contributed by atoms with van der Waals surface area (Å²) in [5, 5.41) is 0.183. The molecule has 2 aromatic rings.